The minimum Gasteiger partial charge on any atom is -0.492 e. The van der Waals surface area contributed by atoms with Crippen LogP contribution in [-0.4, -0.2) is 80.7 Å². The van der Waals surface area contributed by atoms with Crippen molar-refractivity contribution in [1.29, 1.82) is 0 Å². The van der Waals surface area contributed by atoms with Crippen molar-refractivity contribution in [2.75, 3.05) is 44.8 Å². The van der Waals surface area contributed by atoms with E-state index in [2.05, 4.69) is 4.90 Å². The number of carbonyl (C=O) groups is 1. The standard InChI is InChI=1S/C19H28N2O5S/c1-16(14-27(2,23)24)20-10-8-19(9-11-20)15-21(18(22)26-19)12-13-25-17-6-4-3-5-7-17/h3-7,16H,8-15H2,1-2H3. The van der Waals surface area contributed by atoms with Gasteiger partial charge in [0, 0.05) is 38.2 Å². The quantitative estimate of drug-likeness (QED) is 0.699. The van der Waals surface area contributed by atoms with Crippen LogP contribution in [0.3, 0.4) is 0 Å². The molecule has 2 aliphatic heterocycles. The molecule has 0 bridgehead atoms. The highest BCUT2D eigenvalue weighted by atomic mass is 32.2. The molecule has 27 heavy (non-hydrogen) atoms. The van der Waals surface area contributed by atoms with Crippen LogP contribution in [0.5, 0.6) is 5.75 Å². The van der Waals surface area contributed by atoms with E-state index in [1.807, 2.05) is 37.3 Å². The lowest BCUT2D eigenvalue weighted by Crippen LogP contribution is -2.50. The van der Waals surface area contributed by atoms with E-state index >= 15 is 0 Å². The van der Waals surface area contributed by atoms with Gasteiger partial charge in [0.15, 0.2) is 0 Å². The fraction of sp³-hybridized carbons (Fsp3) is 0.632. The number of sulfone groups is 1. The molecule has 0 aliphatic carbocycles. The van der Waals surface area contributed by atoms with Gasteiger partial charge in [0.05, 0.1) is 18.8 Å². The number of hydrogen-bond donors (Lipinski definition) is 0. The Balaban J connectivity index is 1.47. The lowest BCUT2D eigenvalue weighted by molar-refractivity contribution is -0.00604. The number of hydrogen-bond acceptors (Lipinski definition) is 6. The summed E-state index contributed by atoms with van der Waals surface area (Å²) in [5.41, 5.74) is -0.453. The molecule has 7 nitrogen and oxygen atoms in total. The molecule has 1 spiro atoms. The van der Waals surface area contributed by atoms with Crippen molar-refractivity contribution in [3.05, 3.63) is 30.3 Å². The van der Waals surface area contributed by atoms with Crippen LogP contribution >= 0.6 is 0 Å². The highest BCUT2D eigenvalue weighted by Gasteiger charge is 2.47. The molecular weight excluding hydrogens is 368 g/mol. The summed E-state index contributed by atoms with van der Waals surface area (Å²) in [5.74, 6) is 0.941. The molecule has 0 saturated carbocycles. The molecular formula is C19H28N2O5S. The maximum Gasteiger partial charge on any atom is 0.410 e. The minimum absolute atomic E-state index is 0.0233. The molecule has 2 heterocycles. The number of rotatable bonds is 7. The topological polar surface area (TPSA) is 76.2 Å². The zero-order chi connectivity index (χ0) is 19.5. The second-order valence-corrected chi connectivity index (χ2v) is 9.80. The van der Waals surface area contributed by atoms with Crippen molar-refractivity contribution in [1.82, 2.24) is 9.80 Å². The SMILES string of the molecule is CC(CS(C)(=O)=O)N1CCC2(CC1)CN(CCOc1ccccc1)C(=O)O2. The molecule has 3 rings (SSSR count). The van der Waals surface area contributed by atoms with Crippen LogP contribution in [0.15, 0.2) is 30.3 Å². The van der Waals surface area contributed by atoms with Gasteiger partial charge in [-0.2, -0.15) is 0 Å². The van der Waals surface area contributed by atoms with Crippen molar-refractivity contribution in [2.45, 2.75) is 31.4 Å². The summed E-state index contributed by atoms with van der Waals surface area (Å²) in [6.07, 6.45) is 2.43. The number of carbonyl (C=O) groups excluding carboxylic acids is 1. The molecule has 2 saturated heterocycles. The fourth-order valence-corrected chi connectivity index (χ4v) is 4.92. The highest BCUT2D eigenvalue weighted by molar-refractivity contribution is 7.90. The number of nitrogens with zero attached hydrogens (tertiary/aromatic N) is 2. The Bertz CT molecular complexity index is 745. The number of para-hydroxylation sites is 1. The van der Waals surface area contributed by atoms with Gasteiger partial charge in [0.1, 0.15) is 27.8 Å². The Labute approximate surface area is 161 Å². The molecule has 1 aromatic carbocycles. The first-order valence-electron chi connectivity index (χ1n) is 9.34. The number of likely N-dealkylation sites (tertiary alicyclic amines) is 1. The van der Waals surface area contributed by atoms with Crippen LogP contribution in [0.4, 0.5) is 4.79 Å². The van der Waals surface area contributed by atoms with Gasteiger partial charge in [-0.25, -0.2) is 13.2 Å². The third-order valence-electron chi connectivity index (χ3n) is 5.29. The summed E-state index contributed by atoms with van der Waals surface area (Å²) in [4.78, 5) is 16.1. The zero-order valence-electron chi connectivity index (χ0n) is 16.0. The first kappa shape index (κ1) is 19.9. The molecule has 0 radical (unpaired) electrons. The average molecular weight is 397 g/mol. The smallest absolute Gasteiger partial charge is 0.410 e. The van der Waals surface area contributed by atoms with E-state index in [0.717, 1.165) is 31.7 Å². The molecule has 1 amide bonds. The van der Waals surface area contributed by atoms with Crippen LogP contribution in [0.2, 0.25) is 0 Å². The summed E-state index contributed by atoms with van der Waals surface area (Å²) in [6, 6.07) is 9.50. The first-order valence-corrected chi connectivity index (χ1v) is 11.4. The first-order chi connectivity index (χ1) is 12.8. The fourth-order valence-electron chi connectivity index (χ4n) is 3.83. The van der Waals surface area contributed by atoms with Crippen LogP contribution in [0, 0.1) is 0 Å². The predicted octanol–water partition coefficient (Wildman–Crippen LogP) is 1.79. The number of ether oxygens (including phenoxy) is 2. The van der Waals surface area contributed by atoms with Gasteiger partial charge < -0.3 is 14.4 Å². The van der Waals surface area contributed by atoms with Gasteiger partial charge in [-0.15, -0.1) is 0 Å². The molecule has 1 unspecified atom stereocenters. The monoisotopic (exact) mass is 396 g/mol. The predicted molar refractivity (Wildman–Crippen MR) is 103 cm³/mol. The Hall–Kier alpha value is -1.80. The lowest BCUT2D eigenvalue weighted by Gasteiger charge is -2.40. The zero-order valence-corrected chi connectivity index (χ0v) is 16.8. The molecule has 1 aromatic rings. The maximum absolute atomic E-state index is 12.2. The van der Waals surface area contributed by atoms with Gasteiger partial charge in [0.2, 0.25) is 0 Å². The minimum atomic E-state index is -3.00. The Morgan fingerprint density at radius 3 is 2.52 bits per heavy atom. The van der Waals surface area contributed by atoms with E-state index in [4.69, 9.17) is 9.47 Å². The molecule has 1 atom stereocenters. The Morgan fingerprint density at radius 1 is 1.22 bits per heavy atom. The van der Waals surface area contributed by atoms with E-state index < -0.39 is 15.4 Å². The van der Waals surface area contributed by atoms with E-state index in [1.165, 1.54) is 6.26 Å². The van der Waals surface area contributed by atoms with Gasteiger partial charge >= 0.3 is 6.09 Å². The van der Waals surface area contributed by atoms with Crippen LogP contribution in [0.1, 0.15) is 19.8 Å². The number of benzene rings is 1. The maximum atomic E-state index is 12.2. The van der Waals surface area contributed by atoms with E-state index in [0.29, 0.717) is 19.7 Å². The van der Waals surface area contributed by atoms with Gasteiger partial charge in [-0.1, -0.05) is 18.2 Å². The van der Waals surface area contributed by atoms with Crippen molar-refractivity contribution in [3.63, 3.8) is 0 Å². The summed E-state index contributed by atoms with van der Waals surface area (Å²) in [7, 11) is -3.00. The van der Waals surface area contributed by atoms with Crippen LogP contribution in [-0.2, 0) is 14.6 Å². The summed E-state index contributed by atoms with van der Waals surface area (Å²) >= 11 is 0. The second kappa shape index (κ2) is 8.06. The lowest BCUT2D eigenvalue weighted by atomic mass is 9.91. The van der Waals surface area contributed by atoms with Crippen LogP contribution in [0.25, 0.3) is 0 Å². The molecule has 2 aliphatic rings. The van der Waals surface area contributed by atoms with E-state index in [9.17, 15) is 13.2 Å². The number of amides is 1. The third-order valence-corrected chi connectivity index (χ3v) is 6.38. The summed E-state index contributed by atoms with van der Waals surface area (Å²) in [6.45, 7) is 4.89. The Kier molecular flexibility index (Phi) is 5.95. The third kappa shape index (κ3) is 5.35. The molecule has 0 N–H and O–H groups in total. The molecule has 0 aromatic heterocycles. The van der Waals surface area contributed by atoms with Crippen molar-refractivity contribution < 1.29 is 22.7 Å². The molecule has 2 fully saturated rings. The normalized spacial score (nSPS) is 21.3. The summed E-state index contributed by atoms with van der Waals surface area (Å²) < 4.78 is 34.4. The van der Waals surface area contributed by atoms with E-state index in [1.54, 1.807) is 4.90 Å². The van der Waals surface area contributed by atoms with Gasteiger partial charge in [-0.05, 0) is 19.1 Å². The Morgan fingerprint density at radius 2 is 1.89 bits per heavy atom. The van der Waals surface area contributed by atoms with Crippen molar-refractivity contribution in [2.24, 2.45) is 0 Å². The van der Waals surface area contributed by atoms with Crippen molar-refractivity contribution >= 4 is 15.9 Å². The second-order valence-electron chi connectivity index (χ2n) is 7.61. The van der Waals surface area contributed by atoms with Gasteiger partial charge in [0.25, 0.3) is 0 Å². The average Bonchev–Trinajstić information content (AvgIpc) is 2.90. The molecule has 150 valence electrons. The van der Waals surface area contributed by atoms with Crippen molar-refractivity contribution in [3.8, 4) is 5.75 Å². The summed E-state index contributed by atoms with van der Waals surface area (Å²) in [5, 5.41) is 0. The molecule has 8 heteroatoms. The van der Waals surface area contributed by atoms with E-state index in [-0.39, 0.29) is 17.9 Å². The largest absolute Gasteiger partial charge is 0.492 e. The van der Waals surface area contributed by atoms with Crippen LogP contribution < -0.4 is 4.74 Å². The number of piperidine rings is 1. The highest BCUT2D eigenvalue weighted by Crippen LogP contribution is 2.33. The van der Waals surface area contributed by atoms with Gasteiger partial charge in [-0.3, -0.25) is 4.90 Å².